The fourth-order valence-corrected chi connectivity index (χ4v) is 8.24. The highest BCUT2D eigenvalue weighted by Crippen LogP contribution is 2.41. The standard InChI is InChI=1S/C33H22N2OS4/c1-34-32(36)31(40-33(34)37)20-27-16-22-17-30-23(19-29(22)38-27)18-28(39-30)21-12-14-26(15-13-21)35(24-8-4-2-5-9-24)25-10-6-3-7-11-25/h2-20H,1H3/b31-20+. The topological polar surface area (TPSA) is 23.6 Å². The molecule has 0 atom stereocenters. The number of anilines is 3. The van der Waals surface area contributed by atoms with E-state index in [1.54, 1.807) is 18.4 Å². The summed E-state index contributed by atoms with van der Waals surface area (Å²) in [6, 6.07) is 38.7. The van der Waals surface area contributed by atoms with Gasteiger partial charge >= 0.3 is 0 Å². The van der Waals surface area contributed by atoms with Gasteiger partial charge in [0.05, 0.1) is 4.91 Å². The summed E-state index contributed by atoms with van der Waals surface area (Å²) in [5.74, 6) is -0.0280. The summed E-state index contributed by atoms with van der Waals surface area (Å²) in [6.45, 7) is 0. The molecule has 40 heavy (non-hydrogen) atoms. The van der Waals surface area contributed by atoms with Gasteiger partial charge in [-0.1, -0.05) is 72.5 Å². The largest absolute Gasteiger partial charge is 0.311 e. The Morgan fingerprint density at radius 3 is 1.90 bits per heavy atom. The normalized spacial score (nSPS) is 14.6. The molecule has 1 aliphatic heterocycles. The second-order valence-corrected chi connectivity index (χ2v) is 13.4. The number of fused-ring (bicyclic) bond motifs is 2. The number of nitrogens with zero attached hydrogens (tertiary/aromatic N) is 2. The van der Waals surface area contributed by atoms with Gasteiger partial charge in [0.2, 0.25) is 0 Å². The van der Waals surface area contributed by atoms with E-state index in [1.165, 1.54) is 47.3 Å². The number of rotatable bonds is 5. The van der Waals surface area contributed by atoms with Gasteiger partial charge in [-0.25, -0.2) is 0 Å². The number of thiocarbonyl (C=S) groups is 1. The summed E-state index contributed by atoms with van der Waals surface area (Å²) in [6.07, 6.45) is 1.96. The number of amides is 1. The van der Waals surface area contributed by atoms with Crippen molar-refractivity contribution in [3.8, 4) is 10.4 Å². The molecule has 1 aliphatic rings. The van der Waals surface area contributed by atoms with Gasteiger partial charge < -0.3 is 4.90 Å². The number of benzene rings is 4. The van der Waals surface area contributed by atoms with Gasteiger partial charge in [0.15, 0.2) is 0 Å². The summed E-state index contributed by atoms with van der Waals surface area (Å²) in [7, 11) is 1.73. The second-order valence-electron chi connectivity index (χ2n) is 9.48. The third-order valence-corrected chi connectivity index (χ3v) is 10.5. The Balaban J connectivity index is 1.19. The number of carbonyl (C=O) groups excluding carboxylic acids is 1. The minimum absolute atomic E-state index is 0.0280. The summed E-state index contributed by atoms with van der Waals surface area (Å²) < 4.78 is 3.07. The van der Waals surface area contributed by atoms with Crippen LogP contribution < -0.4 is 4.90 Å². The van der Waals surface area contributed by atoms with Gasteiger partial charge in [0.1, 0.15) is 4.32 Å². The van der Waals surface area contributed by atoms with Crippen molar-refractivity contribution in [2.24, 2.45) is 0 Å². The highest BCUT2D eigenvalue weighted by atomic mass is 32.2. The van der Waals surface area contributed by atoms with Gasteiger partial charge in [-0.05, 0) is 83.1 Å². The highest BCUT2D eigenvalue weighted by Gasteiger charge is 2.28. The minimum atomic E-state index is -0.0280. The third-order valence-electron chi connectivity index (χ3n) is 6.87. The Morgan fingerprint density at radius 2 is 1.30 bits per heavy atom. The number of carbonyl (C=O) groups is 1. The average molecular weight is 591 g/mol. The predicted molar refractivity (Wildman–Crippen MR) is 178 cm³/mol. The Labute approximate surface area is 250 Å². The molecule has 0 N–H and O–H groups in total. The van der Waals surface area contributed by atoms with Crippen LogP contribution in [0.25, 0.3) is 36.7 Å². The maximum Gasteiger partial charge on any atom is 0.265 e. The van der Waals surface area contributed by atoms with E-state index in [9.17, 15) is 4.79 Å². The SMILES string of the molecule is CN1C(=O)/C(=C\c2cc3cc4sc(-c5ccc(N(c6ccccc6)c6ccccc6)cc5)cc4cc3s2)SC1=S. The molecule has 194 valence electrons. The van der Waals surface area contributed by atoms with Gasteiger partial charge in [-0.15, -0.1) is 22.7 Å². The van der Waals surface area contributed by atoms with E-state index in [1.807, 2.05) is 29.5 Å². The van der Waals surface area contributed by atoms with E-state index in [0.717, 1.165) is 21.9 Å². The van der Waals surface area contributed by atoms with Crippen LogP contribution in [0.3, 0.4) is 0 Å². The zero-order chi connectivity index (χ0) is 27.2. The van der Waals surface area contributed by atoms with Crippen LogP contribution in [-0.4, -0.2) is 22.2 Å². The predicted octanol–water partition coefficient (Wildman–Crippen LogP) is 10.1. The van der Waals surface area contributed by atoms with E-state index in [4.69, 9.17) is 12.2 Å². The van der Waals surface area contributed by atoms with Crippen LogP contribution in [0.5, 0.6) is 0 Å². The van der Waals surface area contributed by atoms with E-state index >= 15 is 0 Å². The number of para-hydroxylation sites is 2. The molecule has 1 amide bonds. The molecule has 0 spiro atoms. The van der Waals surface area contributed by atoms with Gasteiger partial charge in [-0.2, -0.15) is 0 Å². The van der Waals surface area contributed by atoms with Crippen molar-refractivity contribution in [3.05, 3.63) is 119 Å². The number of thiophene rings is 2. The van der Waals surface area contributed by atoms with Crippen molar-refractivity contribution < 1.29 is 4.79 Å². The first kappa shape index (κ1) is 25.2. The summed E-state index contributed by atoms with van der Waals surface area (Å²) in [5.41, 5.74) is 4.58. The van der Waals surface area contributed by atoms with E-state index < -0.39 is 0 Å². The first-order chi connectivity index (χ1) is 19.5. The Kier molecular flexibility index (Phi) is 6.52. The van der Waals surface area contributed by atoms with Crippen LogP contribution in [0.4, 0.5) is 17.1 Å². The number of thioether (sulfide) groups is 1. The number of hydrogen-bond acceptors (Lipinski definition) is 6. The monoisotopic (exact) mass is 590 g/mol. The smallest absolute Gasteiger partial charge is 0.265 e. The molecule has 1 fully saturated rings. The molecule has 3 heterocycles. The maximum atomic E-state index is 12.4. The number of likely N-dealkylation sites (N-methyl/N-ethyl adjacent to an activating group) is 1. The maximum absolute atomic E-state index is 12.4. The lowest BCUT2D eigenvalue weighted by molar-refractivity contribution is -0.121. The summed E-state index contributed by atoms with van der Waals surface area (Å²) >= 11 is 10.1. The molecule has 0 saturated carbocycles. The summed E-state index contributed by atoms with van der Waals surface area (Å²) in [5, 5.41) is 2.43. The second kappa shape index (κ2) is 10.3. The molecule has 2 aromatic heterocycles. The highest BCUT2D eigenvalue weighted by molar-refractivity contribution is 8.26. The third kappa shape index (κ3) is 4.65. The average Bonchev–Trinajstić information content (AvgIpc) is 3.65. The quantitative estimate of drug-likeness (QED) is 0.147. The Hall–Kier alpha value is -3.75. The van der Waals surface area contributed by atoms with Crippen LogP contribution in [-0.2, 0) is 4.79 Å². The van der Waals surface area contributed by atoms with Crippen LogP contribution in [0, 0.1) is 0 Å². The first-order valence-electron chi connectivity index (χ1n) is 12.7. The van der Waals surface area contributed by atoms with Gasteiger partial charge in [0.25, 0.3) is 5.91 Å². The molecule has 4 aromatic carbocycles. The van der Waals surface area contributed by atoms with E-state index in [-0.39, 0.29) is 5.91 Å². The van der Waals surface area contributed by atoms with Crippen molar-refractivity contribution in [2.75, 3.05) is 11.9 Å². The molecule has 0 bridgehead atoms. The van der Waals surface area contributed by atoms with Crippen LogP contribution in [0.2, 0.25) is 0 Å². The van der Waals surface area contributed by atoms with Crippen molar-refractivity contribution >= 4 is 100 Å². The lowest BCUT2D eigenvalue weighted by Gasteiger charge is -2.25. The molecule has 3 nitrogen and oxygen atoms in total. The molecule has 7 heteroatoms. The van der Waals surface area contributed by atoms with Crippen molar-refractivity contribution in [3.63, 3.8) is 0 Å². The fourth-order valence-electron chi connectivity index (χ4n) is 4.86. The molecule has 6 aromatic rings. The molecule has 0 aliphatic carbocycles. The van der Waals surface area contributed by atoms with Crippen molar-refractivity contribution in [1.29, 1.82) is 0 Å². The van der Waals surface area contributed by atoms with E-state index in [0.29, 0.717) is 9.23 Å². The van der Waals surface area contributed by atoms with Crippen molar-refractivity contribution in [1.82, 2.24) is 4.90 Å². The Morgan fingerprint density at radius 1 is 0.725 bits per heavy atom. The summed E-state index contributed by atoms with van der Waals surface area (Å²) in [4.78, 5) is 19.2. The van der Waals surface area contributed by atoms with Crippen LogP contribution in [0.1, 0.15) is 4.88 Å². The fraction of sp³-hybridized carbons (Fsp3) is 0.0303. The van der Waals surface area contributed by atoms with Crippen LogP contribution >= 0.6 is 46.7 Å². The lowest BCUT2D eigenvalue weighted by atomic mass is 10.1. The van der Waals surface area contributed by atoms with E-state index in [2.05, 4.69) is 102 Å². The zero-order valence-electron chi connectivity index (χ0n) is 21.4. The Bertz CT molecular complexity index is 1830. The zero-order valence-corrected chi connectivity index (χ0v) is 24.7. The molecular formula is C33H22N2OS4. The van der Waals surface area contributed by atoms with Crippen molar-refractivity contribution in [2.45, 2.75) is 0 Å². The number of hydrogen-bond donors (Lipinski definition) is 0. The van der Waals surface area contributed by atoms with Gasteiger partial charge in [-0.3, -0.25) is 9.69 Å². The molecule has 7 rings (SSSR count). The minimum Gasteiger partial charge on any atom is -0.311 e. The first-order valence-corrected chi connectivity index (χ1v) is 15.6. The van der Waals surface area contributed by atoms with Gasteiger partial charge in [0, 0.05) is 43.3 Å². The molecule has 1 saturated heterocycles. The molecule has 0 radical (unpaired) electrons. The lowest BCUT2D eigenvalue weighted by Crippen LogP contribution is -2.22. The molecule has 0 unspecified atom stereocenters. The van der Waals surface area contributed by atoms with Crippen LogP contribution in [0.15, 0.2) is 114 Å². The molecular weight excluding hydrogens is 569 g/mol.